The number of amides is 1. The van der Waals surface area contributed by atoms with Crippen molar-refractivity contribution >= 4 is 5.91 Å². The number of benzene rings is 1. The summed E-state index contributed by atoms with van der Waals surface area (Å²) in [6, 6.07) is 9.37. The van der Waals surface area contributed by atoms with E-state index >= 15 is 0 Å². The summed E-state index contributed by atoms with van der Waals surface area (Å²) >= 11 is 0. The van der Waals surface area contributed by atoms with Gasteiger partial charge in [0.1, 0.15) is 11.3 Å². The quantitative estimate of drug-likeness (QED) is 0.760. The molecule has 1 spiro atoms. The standard InChI is InChI=1S/C24H31N3O3/c1-17-22(18(2)30-25-17)23(28)27-15-19-5-3-4-6-21(19)24(16-27)9-11-26(12-10-24)20-7-13-29-14-8-20/h3-6,20H,7-16H2,1-2H3. The smallest absolute Gasteiger partial charge is 0.259 e. The van der Waals surface area contributed by atoms with Crippen LogP contribution in [0.1, 0.15) is 58.6 Å². The van der Waals surface area contributed by atoms with Crippen molar-refractivity contribution in [3.63, 3.8) is 0 Å². The van der Waals surface area contributed by atoms with Gasteiger partial charge in [0, 0.05) is 37.8 Å². The number of carbonyl (C=O) groups is 1. The first-order chi connectivity index (χ1) is 14.6. The first kappa shape index (κ1) is 19.8. The van der Waals surface area contributed by atoms with E-state index in [-0.39, 0.29) is 11.3 Å². The lowest BCUT2D eigenvalue weighted by atomic mass is 9.68. The molecule has 0 atom stereocenters. The van der Waals surface area contributed by atoms with Gasteiger partial charge in [-0.05, 0) is 63.7 Å². The molecule has 0 radical (unpaired) electrons. The predicted octanol–water partition coefficient (Wildman–Crippen LogP) is 3.46. The van der Waals surface area contributed by atoms with Crippen LogP contribution in [-0.2, 0) is 16.7 Å². The van der Waals surface area contributed by atoms with Crippen molar-refractivity contribution in [1.82, 2.24) is 15.0 Å². The Morgan fingerprint density at radius 1 is 1.13 bits per heavy atom. The number of hydrogen-bond acceptors (Lipinski definition) is 5. The van der Waals surface area contributed by atoms with Gasteiger partial charge < -0.3 is 19.1 Å². The first-order valence-electron chi connectivity index (χ1n) is 11.2. The molecule has 5 rings (SSSR count). The van der Waals surface area contributed by atoms with Crippen molar-refractivity contribution in [1.29, 1.82) is 0 Å². The Bertz CT molecular complexity index is 904. The molecular weight excluding hydrogens is 378 g/mol. The van der Waals surface area contributed by atoms with Crippen molar-refractivity contribution < 1.29 is 14.1 Å². The monoisotopic (exact) mass is 409 g/mol. The Kier molecular flexibility index (Phi) is 5.15. The van der Waals surface area contributed by atoms with Gasteiger partial charge in [-0.25, -0.2) is 0 Å². The lowest BCUT2D eigenvalue weighted by Crippen LogP contribution is -2.55. The zero-order valence-corrected chi connectivity index (χ0v) is 18.0. The van der Waals surface area contributed by atoms with Gasteiger partial charge in [-0.1, -0.05) is 29.4 Å². The minimum Gasteiger partial charge on any atom is -0.381 e. The fraction of sp³-hybridized carbons (Fsp3) is 0.583. The van der Waals surface area contributed by atoms with Crippen LogP contribution < -0.4 is 0 Å². The number of hydrogen-bond donors (Lipinski definition) is 0. The molecule has 2 saturated heterocycles. The van der Waals surface area contributed by atoms with Gasteiger partial charge in [-0.15, -0.1) is 0 Å². The molecule has 0 saturated carbocycles. The Balaban J connectivity index is 1.41. The number of fused-ring (bicyclic) bond motifs is 2. The van der Waals surface area contributed by atoms with Crippen LogP contribution in [0, 0.1) is 13.8 Å². The Hall–Kier alpha value is -2.18. The molecule has 4 heterocycles. The Morgan fingerprint density at radius 3 is 2.57 bits per heavy atom. The molecule has 0 aliphatic carbocycles. The molecule has 1 aromatic carbocycles. The minimum absolute atomic E-state index is 0.0329. The van der Waals surface area contributed by atoms with E-state index < -0.39 is 0 Å². The van der Waals surface area contributed by atoms with Gasteiger partial charge in [0.25, 0.3) is 5.91 Å². The van der Waals surface area contributed by atoms with Crippen LogP contribution in [0.5, 0.6) is 0 Å². The summed E-state index contributed by atoms with van der Waals surface area (Å²) < 4.78 is 10.8. The highest BCUT2D eigenvalue weighted by atomic mass is 16.5. The molecule has 160 valence electrons. The molecule has 30 heavy (non-hydrogen) atoms. The van der Waals surface area contributed by atoms with E-state index in [4.69, 9.17) is 9.26 Å². The lowest BCUT2D eigenvalue weighted by molar-refractivity contribution is 0.0102. The molecule has 3 aliphatic heterocycles. The molecule has 6 nitrogen and oxygen atoms in total. The molecule has 6 heteroatoms. The predicted molar refractivity (Wildman–Crippen MR) is 113 cm³/mol. The van der Waals surface area contributed by atoms with E-state index in [0.29, 0.717) is 29.6 Å². The second kappa shape index (κ2) is 7.82. The van der Waals surface area contributed by atoms with E-state index in [9.17, 15) is 4.79 Å². The van der Waals surface area contributed by atoms with E-state index in [1.54, 1.807) is 0 Å². The van der Waals surface area contributed by atoms with Crippen LogP contribution >= 0.6 is 0 Å². The molecule has 1 amide bonds. The highest BCUT2D eigenvalue weighted by Gasteiger charge is 2.44. The lowest BCUT2D eigenvalue weighted by Gasteiger charge is -2.50. The topological polar surface area (TPSA) is 58.8 Å². The largest absolute Gasteiger partial charge is 0.381 e. The van der Waals surface area contributed by atoms with Crippen LogP contribution in [0.4, 0.5) is 0 Å². The average molecular weight is 410 g/mol. The van der Waals surface area contributed by atoms with Crippen LogP contribution in [-0.4, -0.2) is 59.8 Å². The molecule has 1 aromatic heterocycles. The van der Waals surface area contributed by atoms with E-state index in [2.05, 4.69) is 34.3 Å². The number of ether oxygens (including phenoxy) is 1. The minimum atomic E-state index is 0.0329. The number of aromatic nitrogens is 1. The second-order valence-electron chi connectivity index (χ2n) is 9.18. The normalized spacial score (nSPS) is 22.3. The summed E-state index contributed by atoms with van der Waals surface area (Å²) in [7, 11) is 0. The maximum atomic E-state index is 13.5. The molecule has 0 unspecified atom stereocenters. The summed E-state index contributed by atoms with van der Waals surface area (Å²) in [5.41, 5.74) is 4.07. The molecule has 2 aromatic rings. The summed E-state index contributed by atoms with van der Waals surface area (Å²) in [5.74, 6) is 0.659. The van der Waals surface area contributed by atoms with Gasteiger partial charge in [-0.3, -0.25) is 4.79 Å². The highest BCUT2D eigenvalue weighted by Crippen LogP contribution is 2.43. The fourth-order valence-electron chi connectivity index (χ4n) is 5.77. The summed E-state index contributed by atoms with van der Waals surface area (Å²) in [6.45, 7) is 9.05. The third kappa shape index (κ3) is 3.36. The van der Waals surface area contributed by atoms with Gasteiger partial charge in [0.15, 0.2) is 0 Å². The summed E-state index contributed by atoms with van der Waals surface area (Å²) in [4.78, 5) is 18.1. The van der Waals surface area contributed by atoms with Gasteiger partial charge >= 0.3 is 0 Å². The van der Waals surface area contributed by atoms with Crippen LogP contribution in [0.15, 0.2) is 28.8 Å². The van der Waals surface area contributed by atoms with Crippen LogP contribution in [0.25, 0.3) is 0 Å². The van der Waals surface area contributed by atoms with Gasteiger partial charge in [0.05, 0.1) is 5.69 Å². The number of rotatable bonds is 2. The third-order valence-electron chi connectivity index (χ3n) is 7.44. The van der Waals surface area contributed by atoms with Crippen molar-refractivity contribution in [2.75, 3.05) is 32.8 Å². The Labute approximate surface area is 178 Å². The van der Waals surface area contributed by atoms with Gasteiger partial charge in [-0.2, -0.15) is 0 Å². The molecular formula is C24H31N3O3. The summed E-state index contributed by atoms with van der Waals surface area (Å²) in [6.07, 6.45) is 4.46. The van der Waals surface area contributed by atoms with E-state index in [1.807, 2.05) is 18.7 Å². The van der Waals surface area contributed by atoms with E-state index in [0.717, 1.165) is 58.5 Å². The van der Waals surface area contributed by atoms with Crippen molar-refractivity contribution in [2.24, 2.45) is 0 Å². The first-order valence-corrected chi connectivity index (χ1v) is 11.2. The molecule has 0 bridgehead atoms. The third-order valence-corrected chi connectivity index (χ3v) is 7.44. The zero-order valence-electron chi connectivity index (χ0n) is 18.0. The Morgan fingerprint density at radius 2 is 1.87 bits per heavy atom. The SMILES string of the molecule is Cc1noc(C)c1C(=O)N1Cc2ccccc2C2(CCN(C3CCOCC3)CC2)C1. The maximum absolute atomic E-state index is 13.5. The highest BCUT2D eigenvalue weighted by molar-refractivity contribution is 5.96. The average Bonchev–Trinajstić information content (AvgIpc) is 3.12. The fourth-order valence-corrected chi connectivity index (χ4v) is 5.77. The zero-order chi connectivity index (χ0) is 20.7. The number of carbonyl (C=O) groups excluding carboxylic acids is 1. The van der Waals surface area contributed by atoms with Crippen molar-refractivity contribution in [3.8, 4) is 0 Å². The number of aryl methyl sites for hydroxylation is 2. The molecule has 3 aliphatic rings. The van der Waals surface area contributed by atoms with Crippen LogP contribution in [0.3, 0.4) is 0 Å². The molecule has 2 fully saturated rings. The van der Waals surface area contributed by atoms with Gasteiger partial charge in [0.2, 0.25) is 0 Å². The second-order valence-corrected chi connectivity index (χ2v) is 9.18. The van der Waals surface area contributed by atoms with Crippen molar-refractivity contribution in [3.05, 3.63) is 52.4 Å². The van der Waals surface area contributed by atoms with Crippen LogP contribution in [0.2, 0.25) is 0 Å². The maximum Gasteiger partial charge on any atom is 0.259 e. The van der Waals surface area contributed by atoms with E-state index in [1.165, 1.54) is 11.1 Å². The summed E-state index contributed by atoms with van der Waals surface area (Å²) in [5, 5.41) is 4.00. The number of piperidine rings is 1. The number of likely N-dealkylation sites (tertiary alicyclic amines) is 1. The number of nitrogens with zero attached hydrogens (tertiary/aromatic N) is 3. The van der Waals surface area contributed by atoms with Crippen molar-refractivity contribution in [2.45, 2.75) is 57.5 Å². The molecule has 0 N–H and O–H groups in total.